The minimum atomic E-state index is -0.184. The zero-order valence-corrected chi connectivity index (χ0v) is 15.9. The molecule has 3 rings (SSSR count). The van der Waals surface area contributed by atoms with E-state index in [9.17, 15) is 9.59 Å². The Hall–Kier alpha value is -1.70. The minimum Gasteiger partial charge on any atom is -0.350 e. The molecule has 3 heterocycles. The van der Waals surface area contributed by atoms with E-state index in [-0.39, 0.29) is 17.9 Å². The number of carbonyl (C=O) groups excluding carboxylic acids is 2. The van der Waals surface area contributed by atoms with Gasteiger partial charge in [0.05, 0.1) is 18.2 Å². The molecule has 0 radical (unpaired) electrons. The zero-order valence-electron chi connectivity index (χ0n) is 14.3. The fourth-order valence-electron chi connectivity index (χ4n) is 3.00. The van der Waals surface area contributed by atoms with Crippen LogP contribution in [0.15, 0.2) is 34.3 Å². The molecule has 1 saturated heterocycles. The van der Waals surface area contributed by atoms with E-state index in [1.807, 2.05) is 46.2 Å². The first-order chi connectivity index (χ1) is 12.1. The largest absolute Gasteiger partial charge is 0.350 e. The molecule has 0 aromatic carbocycles. The molecular weight excluding hydrogens is 354 g/mol. The zero-order chi connectivity index (χ0) is 17.6. The molecule has 1 atom stereocenters. The molecule has 1 N–H and O–H groups in total. The van der Waals surface area contributed by atoms with Gasteiger partial charge in [-0.1, -0.05) is 6.07 Å². The van der Waals surface area contributed by atoms with Gasteiger partial charge in [0.25, 0.3) is 5.91 Å². The first kappa shape index (κ1) is 18.1. The normalized spacial score (nSPS) is 17.1. The molecule has 0 aliphatic carbocycles. The first-order valence-electron chi connectivity index (χ1n) is 8.51. The van der Waals surface area contributed by atoms with Gasteiger partial charge in [-0.15, -0.1) is 11.3 Å². The van der Waals surface area contributed by atoms with E-state index in [0.29, 0.717) is 13.1 Å². The SMILES string of the molecule is CC(C(=O)NCc1cccs1)N1CCCN(C(=O)c2ccsc2)CC1. The van der Waals surface area contributed by atoms with Crippen molar-refractivity contribution in [1.82, 2.24) is 15.1 Å². The van der Waals surface area contributed by atoms with Crippen molar-refractivity contribution in [3.05, 3.63) is 44.8 Å². The Bertz CT molecular complexity index is 685. The highest BCUT2D eigenvalue weighted by Gasteiger charge is 2.26. The average Bonchev–Trinajstić information content (AvgIpc) is 3.28. The average molecular weight is 378 g/mol. The van der Waals surface area contributed by atoms with Gasteiger partial charge in [0.1, 0.15) is 0 Å². The Morgan fingerprint density at radius 1 is 1.20 bits per heavy atom. The maximum Gasteiger partial charge on any atom is 0.254 e. The quantitative estimate of drug-likeness (QED) is 0.872. The van der Waals surface area contributed by atoms with Crippen molar-refractivity contribution in [2.24, 2.45) is 0 Å². The summed E-state index contributed by atoms with van der Waals surface area (Å²) in [5, 5.41) is 8.84. The molecule has 0 saturated carbocycles. The van der Waals surface area contributed by atoms with Crippen LogP contribution in [0.3, 0.4) is 0 Å². The van der Waals surface area contributed by atoms with Crippen LogP contribution in [0.5, 0.6) is 0 Å². The molecule has 2 aromatic heterocycles. The van der Waals surface area contributed by atoms with Crippen LogP contribution in [0.2, 0.25) is 0 Å². The summed E-state index contributed by atoms with van der Waals surface area (Å²) in [6.07, 6.45) is 0.887. The summed E-state index contributed by atoms with van der Waals surface area (Å²) in [4.78, 5) is 30.1. The van der Waals surface area contributed by atoms with Gasteiger partial charge in [0, 0.05) is 36.4 Å². The second-order valence-electron chi connectivity index (χ2n) is 6.17. The van der Waals surface area contributed by atoms with Crippen molar-refractivity contribution in [1.29, 1.82) is 0 Å². The molecule has 0 spiro atoms. The molecule has 25 heavy (non-hydrogen) atoms. The Labute approximate surface area is 156 Å². The summed E-state index contributed by atoms with van der Waals surface area (Å²) in [6, 6.07) is 5.70. The molecule has 1 aliphatic rings. The number of nitrogens with zero attached hydrogens (tertiary/aromatic N) is 2. The third kappa shape index (κ3) is 4.68. The van der Waals surface area contributed by atoms with Crippen LogP contribution in [-0.4, -0.2) is 53.8 Å². The predicted molar refractivity (Wildman–Crippen MR) is 102 cm³/mol. The van der Waals surface area contributed by atoms with Crippen LogP contribution in [-0.2, 0) is 11.3 Å². The number of rotatable bonds is 5. The maximum atomic E-state index is 12.5. The molecule has 1 aliphatic heterocycles. The molecule has 1 unspecified atom stereocenters. The van der Waals surface area contributed by atoms with Crippen LogP contribution >= 0.6 is 22.7 Å². The number of thiophene rings is 2. The van der Waals surface area contributed by atoms with Crippen molar-refractivity contribution in [2.45, 2.75) is 25.9 Å². The Balaban J connectivity index is 1.51. The summed E-state index contributed by atoms with van der Waals surface area (Å²) >= 11 is 3.19. The van der Waals surface area contributed by atoms with Crippen molar-refractivity contribution >= 4 is 34.5 Å². The summed E-state index contributed by atoms with van der Waals surface area (Å²) < 4.78 is 0. The number of amides is 2. The summed E-state index contributed by atoms with van der Waals surface area (Å²) in [7, 11) is 0. The third-order valence-electron chi connectivity index (χ3n) is 4.53. The van der Waals surface area contributed by atoms with E-state index in [4.69, 9.17) is 0 Å². The number of nitrogens with one attached hydrogen (secondary N) is 1. The molecule has 1 fully saturated rings. The van der Waals surface area contributed by atoms with Gasteiger partial charge in [0.2, 0.25) is 5.91 Å². The highest BCUT2D eigenvalue weighted by atomic mass is 32.1. The van der Waals surface area contributed by atoms with E-state index in [1.165, 1.54) is 0 Å². The second-order valence-corrected chi connectivity index (χ2v) is 7.98. The molecule has 0 bridgehead atoms. The molecule has 2 amide bonds. The van der Waals surface area contributed by atoms with E-state index < -0.39 is 0 Å². The minimum absolute atomic E-state index is 0.0472. The summed E-state index contributed by atoms with van der Waals surface area (Å²) in [5.74, 6) is 0.143. The van der Waals surface area contributed by atoms with Crippen molar-refractivity contribution < 1.29 is 9.59 Å². The van der Waals surface area contributed by atoms with Crippen LogP contribution in [0.4, 0.5) is 0 Å². The third-order valence-corrected chi connectivity index (χ3v) is 6.09. The van der Waals surface area contributed by atoms with Crippen LogP contribution in [0, 0.1) is 0 Å². The van der Waals surface area contributed by atoms with E-state index in [2.05, 4.69) is 10.2 Å². The first-order valence-corrected chi connectivity index (χ1v) is 10.3. The van der Waals surface area contributed by atoms with Gasteiger partial charge in [-0.05, 0) is 36.2 Å². The van der Waals surface area contributed by atoms with Gasteiger partial charge in [0.15, 0.2) is 0 Å². The highest BCUT2D eigenvalue weighted by Crippen LogP contribution is 2.14. The van der Waals surface area contributed by atoms with E-state index in [0.717, 1.165) is 36.5 Å². The van der Waals surface area contributed by atoms with Gasteiger partial charge in [-0.2, -0.15) is 11.3 Å². The number of hydrogen-bond acceptors (Lipinski definition) is 5. The monoisotopic (exact) mass is 377 g/mol. The van der Waals surface area contributed by atoms with Crippen molar-refractivity contribution in [2.75, 3.05) is 26.2 Å². The lowest BCUT2D eigenvalue weighted by atomic mass is 10.2. The standard InChI is InChI=1S/C18H23N3O2S2/c1-14(17(22)19-12-16-4-2-10-25-16)20-6-3-7-21(9-8-20)18(23)15-5-11-24-13-15/h2,4-5,10-11,13-14H,3,6-9,12H2,1H3,(H,19,22). The Morgan fingerprint density at radius 2 is 2.08 bits per heavy atom. The molecule has 2 aromatic rings. The number of hydrogen-bond donors (Lipinski definition) is 1. The lowest BCUT2D eigenvalue weighted by molar-refractivity contribution is -0.126. The van der Waals surface area contributed by atoms with Crippen LogP contribution < -0.4 is 5.32 Å². The lowest BCUT2D eigenvalue weighted by Crippen LogP contribution is -2.46. The molecule has 7 heteroatoms. The topological polar surface area (TPSA) is 52.7 Å². The fraction of sp³-hybridized carbons (Fsp3) is 0.444. The van der Waals surface area contributed by atoms with Gasteiger partial charge >= 0.3 is 0 Å². The van der Waals surface area contributed by atoms with Gasteiger partial charge in [-0.3, -0.25) is 14.5 Å². The van der Waals surface area contributed by atoms with Crippen molar-refractivity contribution in [3.63, 3.8) is 0 Å². The smallest absolute Gasteiger partial charge is 0.254 e. The van der Waals surface area contributed by atoms with Crippen LogP contribution in [0.1, 0.15) is 28.6 Å². The van der Waals surface area contributed by atoms with Crippen LogP contribution in [0.25, 0.3) is 0 Å². The maximum absolute atomic E-state index is 12.5. The fourth-order valence-corrected chi connectivity index (χ4v) is 4.27. The van der Waals surface area contributed by atoms with Gasteiger partial charge in [-0.25, -0.2) is 0 Å². The van der Waals surface area contributed by atoms with E-state index in [1.54, 1.807) is 22.7 Å². The van der Waals surface area contributed by atoms with Gasteiger partial charge < -0.3 is 10.2 Å². The second kappa shape index (κ2) is 8.60. The predicted octanol–water partition coefficient (Wildman–Crippen LogP) is 2.66. The number of carbonyl (C=O) groups is 2. The molecule has 134 valence electrons. The molecule has 5 nitrogen and oxygen atoms in total. The molecular formula is C18H23N3O2S2. The Kier molecular flexibility index (Phi) is 6.23. The summed E-state index contributed by atoms with van der Waals surface area (Å²) in [6.45, 7) is 5.49. The summed E-state index contributed by atoms with van der Waals surface area (Å²) in [5.41, 5.74) is 0.764. The lowest BCUT2D eigenvalue weighted by Gasteiger charge is -2.26. The van der Waals surface area contributed by atoms with Crippen molar-refractivity contribution in [3.8, 4) is 0 Å². The van der Waals surface area contributed by atoms with E-state index >= 15 is 0 Å². The highest BCUT2D eigenvalue weighted by molar-refractivity contribution is 7.09. The Morgan fingerprint density at radius 3 is 2.80 bits per heavy atom.